The van der Waals surface area contributed by atoms with E-state index in [0.29, 0.717) is 17.1 Å². The van der Waals surface area contributed by atoms with Crippen molar-refractivity contribution >= 4 is 22.8 Å². The van der Waals surface area contributed by atoms with Crippen LogP contribution in [0.1, 0.15) is 25.7 Å². The average Bonchev–Trinajstić information content (AvgIpc) is 2.73. The molecule has 1 N–H and O–H groups in total. The number of oxazole rings is 1. The van der Waals surface area contributed by atoms with Crippen LogP contribution in [0.2, 0.25) is 0 Å². The molecule has 2 aromatic rings. The van der Waals surface area contributed by atoms with E-state index in [1.165, 1.54) is 31.4 Å². The summed E-state index contributed by atoms with van der Waals surface area (Å²) < 4.78 is 5.47. The number of rotatable bonds is 5. The standard InChI is InChI=1S/C13H15N3O3/c17-16(18)10-4-5-11-12(8-10)19-13(15-11)14-7-6-9-2-1-3-9/h4-5,8-9H,1-3,6-7H2,(H,14,15). The van der Waals surface area contributed by atoms with Crippen molar-refractivity contribution in [1.82, 2.24) is 4.98 Å². The number of anilines is 1. The van der Waals surface area contributed by atoms with Crippen LogP contribution in [0.3, 0.4) is 0 Å². The van der Waals surface area contributed by atoms with Crippen molar-refractivity contribution in [2.24, 2.45) is 5.92 Å². The third-order valence-corrected chi connectivity index (χ3v) is 3.64. The monoisotopic (exact) mass is 261 g/mol. The number of non-ortho nitro benzene ring substituents is 1. The van der Waals surface area contributed by atoms with Crippen LogP contribution >= 0.6 is 0 Å². The molecule has 1 fully saturated rings. The SMILES string of the molecule is O=[N+]([O-])c1ccc2nc(NCCC3CCC3)oc2c1. The summed E-state index contributed by atoms with van der Waals surface area (Å²) in [5.74, 6) is 0.831. The highest BCUT2D eigenvalue weighted by atomic mass is 16.6. The lowest BCUT2D eigenvalue weighted by molar-refractivity contribution is -0.384. The Morgan fingerprint density at radius 1 is 1.47 bits per heavy atom. The second-order valence-corrected chi connectivity index (χ2v) is 4.94. The van der Waals surface area contributed by atoms with E-state index in [0.717, 1.165) is 18.9 Å². The van der Waals surface area contributed by atoms with Crippen molar-refractivity contribution in [2.45, 2.75) is 25.7 Å². The molecule has 0 atom stereocenters. The Hall–Kier alpha value is -2.11. The molecule has 1 aliphatic rings. The third-order valence-electron chi connectivity index (χ3n) is 3.64. The summed E-state index contributed by atoms with van der Waals surface area (Å²) >= 11 is 0. The number of hydrogen-bond donors (Lipinski definition) is 1. The van der Waals surface area contributed by atoms with Crippen molar-refractivity contribution in [2.75, 3.05) is 11.9 Å². The molecule has 0 bridgehead atoms. The van der Waals surface area contributed by atoms with Gasteiger partial charge in [0.05, 0.1) is 11.0 Å². The van der Waals surface area contributed by atoms with E-state index >= 15 is 0 Å². The zero-order valence-electron chi connectivity index (χ0n) is 10.5. The first-order valence-electron chi connectivity index (χ1n) is 6.51. The minimum Gasteiger partial charge on any atom is -0.423 e. The van der Waals surface area contributed by atoms with Crippen molar-refractivity contribution in [3.05, 3.63) is 28.3 Å². The molecule has 6 heteroatoms. The molecule has 6 nitrogen and oxygen atoms in total. The number of hydrogen-bond acceptors (Lipinski definition) is 5. The summed E-state index contributed by atoms with van der Waals surface area (Å²) in [7, 11) is 0. The van der Waals surface area contributed by atoms with Crippen LogP contribution in [0.25, 0.3) is 11.1 Å². The van der Waals surface area contributed by atoms with E-state index in [1.807, 2.05) is 0 Å². The summed E-state index contributed by atoms with van der Waals surface area (Å²) in [6.07, 6.45) is 5.11. The van der Waals surface area contributed by atoms with Gasteiger partial charge in [0, 0.05) is 12.6 Å². The fourth-order valence-electron chi connectivity index (χ4n) is 2.27. The second-order valence-electron chi connectivity index (χ2n) is 4.94. The molecule has 3 rings (SSSR count). The first kappa shape index (κ1) is 12.0. The van der Waals surface area contributed by atoms with Crippen LogP contribution in [0.5, 0.6) is 0 Å². The summed E-state index contributed by atoms with van der Waals surface area (Å²) in [5, 5.41) is 13.8. The summed E-state index contributed by atoms with van der Waals surface area (Å²) in [5.41, 5.74) is 1.10. The molecule has 0 aliphatic heterocycles. The zero-order chi connectivity index (χ0) is 13.2. The highest BCUT2D eigenvalue weighted by Gasteiger charge is 2.17. The lowest BCUT2D eigenvalue weighted by Crippen LogP contribution is -2.15. The van der Waals surface area contributed by atoms with E-state index in [9.17, 15) is 10.1 Å². The normalized spacial score (nSPS) is 15.4. The van der Waals surface area contributed by atoms with Gasteiger partial charge in [0.1, 0.15) is 5.52 Å². The topological polar surface area (TPSA) is 81.2 Å². The molecular formula is C13H15N3O3. The lowest BCUT2D eigenvalue weighted by atomic mass is 9.83. The Balaban J connectivity index is 1.68. The molecule has 0 radical (unpaired) electrons. The largest absolute Gasteiger partial charge is 0.423 e. The highest BCUT2D eigenvalue weighted by Crippen LogP contribution is 2.29. The third kappa shape index (κ3) is 2.52. The fourth-order valence-corrected chi connectivity index (χ4v) is 2.27. The zero-order valence-corrected chi connectivity index (χ0v) is 10.5. The minimum absolute atomic E-state index is 0.0182. The van der Waals surface area contributed by atoms with E-state index in [4.69, 9.17) is 4.42 Å². The molecule has 1 heterocycles. The van der Waals surface area contributed by atoms with Gasteiger partial charge in [0.25, 0.3) is 11.7 Å². The van der Waals surface area contributed by atoms with Crippen LogP contribution in [0.4, 0.5) is 11.7 Å². The van der Waals surface area contributed by atoms with E-state index < -0.39 is 4.92 Å². The van der Waals surface area contributed by atoms with Gasteiger partial charge in [-0.3, -0.25) is 10.1 Å². The van der Waals surface area contributed by atoms with E-state index in [2.05, 4.69) is 10.3 Å². The number of nitrogens with one attached hydrogen (secondary N) is 1. The number of aromatic nitrogens is 1. The first-order chi connectivity index (χ1) is 9.22. The van der Waals surface area contributed by atoms with Crippen LogP contribution in [-0.4, -0.2) is 16.5 Å². The summed E-state index contributed by atoms with van der Waals surface area (Å²) in [6.45, 7) is 0.833. The van der Waals surface area contributed by atoms with Crippen LogP contribution in [0.15, 0.2) is 22.6 Å². The molecule has 1 aliphatic carbocycles. The van der Waals surface area contributed by atoms with Gasteiger partial charge >= 0.3 is 0 Å². The smallest absolute Gasteiger partial charge is 0.295 e. The van der Waals surface area contributed by atoms with Gasteiger partial charge in [-0.25, -0.2) is 0 Å². The maximum absolute atomic E-state index is 10.7. The molecule has 0 unspecified atom stereocenters. The first-order valence-corrected chi connectivity index (χ1v) is 6.51. The van der Waals surface area contributed by atoms with Gasteiger partial charge in [-0.05, 0) is 18.4 Å². The molecule has 1 aromatic carbocycles. The Bertz CT molecular complexity index is 604. The molecular weight excluding hydrogens is 246 g/mol. The maximum Gasteiger partial charge on any atom is 0.295 e. The summed E-state index contributed by atoms with van der Waals surface area (Å²) in [6, 6.07) is 4.88. The lowest BCUT2D eigenvalue weighted by Gasteiger charge is -2.24. The summed E-state index contributed by atoms with van der Waals surface area (Å²) in [4.78, 5) is 14.5. The van der Waals surface area contributed by atoms with Crippen LogP contribution in [-0.2, 0) is 0 Å². The number of nitrogens with zero attached hydrogens (tertiary/aromatic N) is 2. The van der Waals surface area contributed by atoms with Crippen molar-refractivity contribution in [1.29, 1.82) is 0 Å². The van der Waals surface area contributed by atoms with Gasteiger partial charge in [0.15, 0.2) is 5.58 Å². The van der Waals surface area contributed by atoms with Gasteiger partial charge in [-0.15, -0.1) is 0 Å². The molecule has 0 saturated heterocycles. The van der Waals surface area contributed by atoms with Gasteiger partial charge < -0.3 is 9.73 Å². The number of benzene rings is 1. The van der Waals surface area contributed by atoms with Crippen molar-refractivity contribution in [3.8, 4) is 0 Å². The average molecular weight is 261 g/mol. The number of nitro benzene ring substituents is 1. The Kier molecular flexibility index (Phi) is 3.06. The maximum atomic E-state index is 10.7. The quantitative estimate of drug-likeness (QED) is 0.659. The van der Waals surface area contributed by atoms with Crippen LogP contribution in [0, 0.1) is 16.0 Å². The Morgan fingerprint density at radius 3 is 3.00 bits per heavy atom. The van der Waals surface area contributed by atoms with Crippen molar-refractivity contribution in [3.63, 3.8) is 0 Å². The molecule has 0 amide bonds. The van der Waals surface area contributed by atoms with Gasteiger partial charge in [0.2, 0.25) is 0 Å². The molecule has 100 valence electrons. The Morgan fingerprint density at radius 2 is 2.32 bits per heavy atom. The molecule has 1 saturated carbocycles. The molecule has 1 aromatic heterocycles. The molecule has 0 spiro atoms. The van der Waals surface area contributed by atoms with E-state index in [1.54, 1.807) is 6.07 Å². The fraction of sp³-hybridized carbons (Fsp3) is 0.462. The van der Waals surface area contributed by atoms with Gasteiger partial charge in [-0.2, -0.15) is 4.98 Å². The predicted octanol–water partition coefficient (Wildman–Crippen LogP) is 3.34. The predicted molar refractivity (Wildman–Crippen MR) is 71.1 cm³/mol. The minimum atomic E-state index is -0.439. The number of fused-ring (bicyclic) bond motifs is 1. The molecule has 19 heavy (non-hydrogen) atoms. The highest BCUT2D eigenvalue weighted by molar-refractivity contribution is 5.77. The Labute approximate surface area is 110 Å². The van der Waals surface area contributed by atoms with E-state index in [-0.39, 0.29) is 5.69 Å². The van der Waals surface area contributed by atoms with Crippen LogP contribution < -0.4 is 5.32 Å². The second kappa shape index (κ2) is 4.87. The number of nitro groups is 1. The van der Waals surface area contributed by atoms with Crippen molar-refractivity contribution < 1.29 is 9.34 Å². The van der Waals surface area contributed by atoms with Gasteiger partial charge in [-0.1, -0.05) is 19.3 Å².